The average Bonchev–Trinajstić information content (AvgIpc) is 2.60. The number of fused-ring (bicyclic) bond motifs is 3. The summed E-state index contributed by atoms with van der Waals surface area (Å²) in [4.78, 5) is 8.10. The summed E-state index contributed by atoms with van der Waals surface area (Å²) in [6.07, 6.45) is -1.22. The van der Waals surface area contributed by atoms with Crippen LogP contribution in [-0.4, -0.2) is 23.6 Å². The normalized spacial score (nSPS) is 11.9. The lowest BCUT2D eigenvalue weighted by atomic mass is 10.1. The van der Waals surface area contributed by atoms with Gasteiger partial charge in [-0.2, -0.15) is 13.2 Å². The highest BCUT2D eigenvalue weighted by Crippen LogP contribution is 2.39. The molecule has 0 bridgehead atoms. The SMILES string of the molecule is CCCCNc1cc(C(F)(F)F)nc2c1c(OC)cc1cccnc12. The second-order valence-corrected chi connectivity index (χ2v) is 5.71. The predicted octanol–water partition coefficient (Wildman–Crippen LogP) is 5.02. The molecule has 0 atom stereocenters. The number of methoxy groups -OCH3 is 1. The van der Waals surface area contributed by atoms with Gasteiger partial charge in [0.1, 0.15) is 17.0 Å². The maximum absolute atomic E-state index is 13.3. The minimum absolute atomic E-state index is 0.184. The Balaban J connectivity index is 2.35. The third kappa shape index (κ3) is 3.31. The number of aromatic nitrogens is 2. The molecule has 7 heteroatoms. The van der Waals surface area contributed by atoms with Crippen molar-refractivity contribution in [3.05, 3.63) is 36.2 Å². The van der Waals surface area contributed by atoms with Gasteiger partial charge < -0.3 is 10.1 Å². The summed E-state index contributed by atoms with van der Waals surface area (Å²) in [6.45, 7) is 2.59. The Labute approximate surface area is 143 Å². The van der Waals surface area contributed by atoms with Gasteiger partial charge in [0.05, 0.1) is 18.0 Å². The zero-order chi connectivity index (χ0) is 18.0. The first-order valence-electron chi connectivity index (χ1n) is 8.03. The molecule has 1 aromatic carbocycles. The molecule has 0 amide bonds. The Hall–Kier alpha value is -2.57. The number of nitrogens with zero attached hydrogens (tertiary/aromatic N) is 2. The molecule has 0 radical (unpaired) electrons. The van der Waals surface area contributed by atoms with Crippen LogP contribution in [0.2, 0.25) is 0 Å². The molecule has 0 aliphatic rings. The van der Waals surface area contributed by atoms with Gasteiger partial charge in [-0.1, -0.05) is 19.4 Å². The quantitative estimate of drug-likeness (QED) is 0.519. The number of pyridine rings is 2. The zero-order valence-electron chi connectivity index (χ0n) is 13.9. The molecule has 0 aliphatic heterocycles. The largest absolute Gasteiger partial charge is 0.496 e. The fourth-order valence-corrected chi connectivity index (χ4v) is 2.76. The summed E-state index contributed by atoms with van der Waals surface area (Å²) in [5.41, 5.74) is 0.0149. The molecule has 4 nitrogen and oxygen atoms in total. The van der Waals surface area contributed by atoms with Gasteiger partial charge in [-0.05, 0) is 24.6 Å². The van der Waals surface area contributed by atoms with Gasteiger partial charge >= 0.3 is 6.18 Å². The van der Waals surface area contributed by atoms with Gasteiger partial charge in [0.2, 0.25) is 0 Å². The Morgan fingerprint density at radius 2 is 2.00 bits per heavy atom. The van der Waals surface area contributed by atoms with Gasteiger partial charge in [0.25, 0.3) is 0 Å². The van der Waals surface area contributed by atoms with E-state index < -0.39 is 11.9 Å². The molecule has 25 heavy (non-hydrogen) atoms. The lowest BCUT2D eigenvalue weighted by Crippen LogP contribution is -2.11. The average molecular weight is 349 g/mol. The van der Waals surface area contributed by atoms with Crippen LogP contribution in [0, 0.1) is 0 Å². The Bertz CT molecular complexity index is 909. The molecule has 2 heterocycles. The van der Waals surface area contributed by atoms with Crippen LogP contribution in [-0.2, 0) is 6.18 Å². The van der Waals surface area contributed by atoms with E-state index in [0.717, 1.165) is 18.9 Å². The Kier molecular flexibility index (Phi) is 4.65. The van der Waals surface area contributed by atoms with Crippen LogP contribution < -0.4 is 10.1 Å². The van der Waals surface area contributed by atoms with E-state index in [1.54, 1.807) is 24.4 Å². The van der Waals surface area contributed by atoms with Crippen molar-refractivity contribution >= 4 is 27.5 Å². The fourth-order valence-electron chi connectivity index (χ4n) is 2.76. The van der Waals surface area contributed by atoms with Crippen LogP contribution in [0.3, 0.4) is 0 Å². The van der Waals surface area contributed by atoms with Crippen LogP contribution in [0.25, 0.3) is 21.8 Å². The van der Waals surface area contributed by atoms with Gasteiger partial charge in [0.15, 0.2) is 0 Å². The van der Waals surface area contributed by atoms with Crippen LogP contribution in [0.1, 0.15) is 25.5 Å². The van der Waals surface area contributed by atoms with Crippen molar-refractivity contribution in [1.29, 1.82) is 0 Å². The van der Waals surface area contributed by atoms with Crippen molar-refractivity contribution in [1.82, 2.24) is 9.97 Å². The molecule has 2 aromatic heterocycles. The van der Waals surface area contributed by atoms with Crippen molar-refractivity contribution in [2.45, 2.75) is 25.9 Å². The van der Waals surface area contributed by atoms with Gasteiger partial charge in [-0.15, -0.1) is 0 Å². The minimum atomic E-state index is -4.54. The maximum Gasteiger partial charge on any atom is 0.433 e. The number of benzene rings is 1. The highest BCUT2D eigenvalue weighted by molar-refractivity contribution is 6.10. The minimum Gasteiger partial charge on any atom is -0.496 e. The number of unbranched alkanes of at least 4 members (excludes halogenated alkanes) is 1. The van der Waals surface area contributed by atoms with E-state index in [0.29, 0.717) is 34.3 Å². The molecule has 0 saturated carbocycles. The van der Waals surface area contributed by atoms with Crippen LogP contribution in [0.5, 0.6) is 5.75 Å². The van der Waals surface area contributed by atoms with Gasteiger partial charge in [-0.25, -0.2) is 4.98 Å². The second-order valence-electron chi connectivity index (χ2n) is 5.71. The smallest absolute Gasteiger partial charge is 0.433 e. The van der Waals surface area contributed by atoms with E-state index in [4.69, 9.17) is 4.74 Å². The van der Waals surface area contributed by atoms with E-state index in [1.807, 2.05) is 6.92 Å². The standard InChI is InChI=1S/C18H18F3N3O/c1-3-4-7-22-12-10-14(18(19,20)21)24-17-15(12)13(25-2)9-11-6-5-8-23-16(11)17/h5-6,8-10H,3-4,7H2,1-2H3,(H,22,24). The summed E-state index contributed by atoms with van der Waals surface area (Å²) in [6, 6.07) is 6.30. The maximum atomic E-state index is 13.3. The van der Waals surface area contributed by atoms with E-state index >= 15 is 0 Å². The number of rotatable bonds is 5. The van der Waals surface area contributed by atoms with Crippen molar-refractivity contribution in [3.8, 4) is 5.75 Å². The first-order chi connectivity index (χ1) is 12.0. The number of halogens is 3. The molecule has 1 N–H and O–H groups in total. The molecule has 0 spiro atoms. The van der Waals surface area contributed by atoms with E-state index in [9.17, 15) is 13.2 Å². The molecule has 0 aliphatic carbocycles. The number of hydrogen-bond donors (Lipinski definition) is 1. The highest BCUT2D eigenvalue weighted by Gasteiger charge is 2.34. The molecule has 3 aromatic rings. The van der Waals surface area contributed by atoms with Gasteiger partial charge in [-0.3, -0.25) is 4.98 Å². The van der Waals surface area contributed by atoms with Crippen molar-refractivity contribution < 1.29 is 17.9 Å². The van der Waals surface area contributed by atoms with Crippen molar-refractivity contribution in [2.24, 2.45) is 0 Å². The summed E-state index contributed by atoms with van der Waals surface area (Å²) in [5.74, 6) is 0.468. The third-order valence-electron chi connectivity index (χ3n) is 3.97. The first kappa shape index (κ1) is 17.3. The van der Waals surface area contributed by atoms with Gasteiger partial charge in [0, 0.05) is 23.8 Å². The number of ether oxygens (including phenoxy) is 1. The Morgan fingerprint density at radius 3 is 2.68 bits per heavy atom. The topological polar surface area (TPSA) is 47.0 Å². The zero-order valence-corrected chi connectivity index (χ0v) is 13.9. The van der Waals surface area contributed by atoms with E-state index in [1.165, 1.54) is 7.11 Å². The number of anilines is 1. The molecule has 0 saturated heterocycles. The number of hydrogen-bond acceptors (Lipinski definition) is 4. The second kappa shape index (κ2) is 6.74. The van der Waals surface area contributed by atoms with E-state index in [2.05, 4.69) is 15.3 Å². The monoisotopic (exact) mass is 349 g/mol. The lowest BCUT2D eigenvalue weighted by molar-refractivity contribution is -0.140. The number of alkyl halides is 3. The first-order valence-corrected chi connectivity index (χ1v) is 8.03. The number of nitrogens with one attached hydrogen (secondary N) is 1. The van der Waals surface area contributed by atoms with Crippen LogP contribution in [0.4, 0.5) is 18.9 Å². The summed E-state index contributed by atoms with van der Waals surface area (Å²) in [5, 5.41) is 4.28. The molecule has 0 fully saturated rings. The summed E-state index contributed by atoms with van der Waals surface area (Å²) < 4.78 is 45.4. The third-order valence-corrected chi connectivity index (χ3v) is 3.97. The summed E-state index contributed by atoms with van der Waals surface area (Å²) >= 11 is 0. The molecular weight excluding hydrogens is 331 g/mol. The highest BCUT2D eigenvalue weighted by atomic mass is 19.4. The molecule has 132 valence electrons. The fraction of sp³-hybridized carbons (Fsp3) is 0.333. The molecule has 3 rings (SSSR count). The van der Waals surface area contributed by atoms with E-state index in [-0.39, 0.29) is 5.52 Å². The predicted molar refractivity (Wildman–Crippen MR) is 92.0 cm³/mol. The summed E-state index contributed by atoms with van der Waals surface area (Å²) in [7, 11) is 1.49. The van der Waals surface area contributed by atoms with Crippen LogP contribution >= 0.6 is 0 Å². The van der Waals surface area contributed by atoms with Crippen molar-refractivity contribution in [3.63, 3.8) is 0 Å². The lowest BCUT2D eigenvalue weighted by Gasteiger charge is -2.16. The Morgan fingerprint density at radius 1 is 1.20 bits per heavy atom. The van der Waals surface area contributed by atoms with Crippen molar-refractivity contribution in [2.75, 3.05) is 19.0 Å². The molecular formula is C18H18F3N3O. The van der Waals surface area contributed by atoms with Crippen LogP contribution in [0.15, 0.2) is 30.5 Å². The molecule has 0 unspecified atom stereocenters.